The van der Waals surface area contributed by atoms with Crippen LogP contribution < -0.4 is 4.74 Å². The van der Waals surface area contributed by atoms with Crippen molar-refractivity contribution in [3.8, 4) is 16.9 Å². The number of benzene rings is 3. The summed E-state index contributed by atoms with van der Waals surface area (Å²) in [6, 6.07) is 21.9. The van der Waals surface area contributed by atoms with E-state index in [1.54, 1.807) is 31.2 Å². The predicted molar refractivity (Wildman–Crippen MR) is 152 cm³/mol. The van der Waals surface area contributed by atoms with Crippen LogP contribution in [0.25, 0.3) is 11.1 Å². The highest BCUT2D eigenvalue weighted by molar-refractivity contribution is 7.93. The van der Waals surface area contributed by atoms with E-state index in [0.29, 0.717) is 12.4 Å². The maximum absolute atomic E-state index is 13.5. The molecule has 0 amide bonds. The van der Waals surface area contributed by atoms with Gasteiger partial charge in [0.15, 0.2) is 15.6 Å². The van der Waals surface area contributed by atoms with Gasteiger partial charge in [-0.25, -0.2) is 8.42 Å². The van der Waals surface area contributed by atoms with Gasteiger partial charge in [-0.15, -0.1) is 0 Å². The molecule has 0 aromatic heterocycles. The molecule has 5 nitrogen and oxygen atoms in total. The molecule has 6 heteroatoms. The van der Waals surface area contributed by atoms with Crippen molar-refractivity contribution in [1.82, 2.24) is 0 Å². The van der Waals surface area contributed by atoms with Crippen molar-refractivity contribution in [1.29, 1.82) is 0 Å². The van der Waals surface area contributed by atoms with Crippen LogP contribution in [0.3, 0.4) is 0 Å². The van der Waals surface area contributed by atoms with Gasteiger partial charge in [-0.1, -0.05) is 61.9 Å². The summed E-state index contributed by atoms with van der Waals surface area (Å²) >= 11 is 0. The normalized spacial score (nSPS) is 15.2. The minimum Gasteiger partial charge on any atom is -0.494 e. The average Bonchev–Trinajstić information content (AvgIpc) is 2.95. The molecule has 0 unspecified atom stereocenters. The molecule has 0 aliphatic carbocycles. The first-order chi connectivity index (χ1) is 18.3. The Morgan fingerprint density at radius 3 is 2.32 bits per heavy atom. The molecular formula is C32H38O5S. The minimum absolute atomic E-state index is 0.160. The van der Waals surface area contributed by atoms with Crippen LogP contribution in [0, 0.1) is 6.92 Å². The van der Waals surface area contributed by atoms with Gasteiger partial charge in [-0.2, -0.15) is 0 Å². The quantitative estimate of drug-likeness (QED) is 0.261. The van der Waals surface area contributed by atoms with Crippen molar-refractivity contribution in [2.24, 2.45) is 0 Å². The summed E-state index contributed by atoms with van der Waals surface area (Å²) in [5, 5.41) is 0. The summed E-state index contributed by atoms with van der Waals surface area (Å²) in [4.78, 5) is 12.9. The van der Waals surface area contributed by atoms with Gasteiger partial charge in [-0.3, -0.25) is 4.79 Å². The standard InChI is InChI=1S/C32H38O5S/c1-4-25-20-24(3)21-28(22-25)27-10-6-8-26(23-27)9-7-17-37-29-11-13-30(14-12-29)38(34,35)32(31(33)5-2)15-18-36-19-16-32/h6,8,10-14,20-23H,4-5,7,9,15-19H2,1-3H3. The molecule has 0 bridgehead atoms. The number of ether oxygens (including phenoxy) is 2. The molecule has 0 atom stereocenters. The van der Waals surface area contributed by atoms with Gasteiger partial charge in [0, 0.05) is 19.6 Å². The largest absolute Gasteiger partial charge is 0.494 e. The summed E-state index contributed by atoms with van der Waals surface area (Å²) in [6.07, 6.45) is 3.33. The Bertz CT molecular complexity index is 1350. The first-order valence-corrected chi connectivity index (χ1v) is 15.1. The van der Waals surface area contributed by atoms with E-state index in [1.807, 2.05) is 0 Å². The van der Waals surface area contributed by atoms with E-state index in [-0.39, 0.29) is 43.2 Å². The molecule has 4 rings (SSSR count). The monoisotopic (exact) mass is 534 g/mol. The van der Waals surface area contributed by atoms with Gasteiger partial charge in [-0.05, 0) is 85.5 Å². The number of Topliss-reactive ketones (excluding diaryl/α,β-unsaturated/α-hetero) is 1. The first-order valence-electron chi connectivity index (χ1n) is 13.6. The Balaban J connectivity index is 1.36. The molecule has 1 heterocycles. The van der Waals surface area contributed by atoms with Gasteiger partial charge in [0.25, 0.3) is 0 Å². The number of ketones is 1. The fraction of sp³-hybridized carbons (Fsp3) is 0.406. The highest BCUT2D eigenvalue weighted by Gasteiger charge is 2.50. The lowest BCUT2D eigenvalue weighted by Crippen LogP contribution is -2.50. The Labute approximate surface area is 227 Å². The van der Waals surface area contributed by atoms with Gasteiger partial charge in [0.1, 0.15) is 10.5 Å². The lowest BCUT2D eigenvalue weighted by atomic mass is 9.92. The topological polar surface area (TPSA) is 69.7 Å². The zero-order valence-corrected chi connectivity index (χ0v) is 23.5. The van der Waals surface area contributed by atoms with E-state index in [0.717, 1.165) is 19.3 Å². The Morgan fingerprint density at radius 1 is 0.921 bits per heavy atom. The molecule has 1 saturated heterocycles. The Hall–Kier alpha value is -2.96. The van der Waals surface area contributed by atoms with Crippen LogP contribution in [-0.2, 0) is 32.2 Å². The predicted octanol–water partition coefficient (Wildman–Crippen LogP) is 6.54. The summed E-state index contributed by atoms with van der Waals surface area (Å²) in [5.41, 5.74) is 6.35. The first kappa shape index (κ1) is 28.1. The van der Waals surface area contributed by atoms with Crippen LogP contribution >= 0.6 is 0 Å². The van der Waals surface area contributed by atoms with E-state index >= 15 is 0 Å². The molecule has 202 valence electrons. The van der Waals surface area contributed by atoms with Crippen LogP contribution in [-0.4, -0.2) is 38.8 Å². The lowest BCUT2D eigenvalue weighted by Gasteiger charge is -2.35. The van der Waals surface area contributed by atoms with Crippen LogP contribution in [0.4, 0.5) is 0 Å². The molecule has 0 saturated carbocycles. The van der Waals surface area contributed by atoms with Crippen molar-refractivity contribution in [3.63, 3.8) is 0 Å². The zero-order valence-electron chi connectivity index (χ0n) is 22.7. The lowest BCUT2D eigenvalue weighted by molar-refractivity contribution is -0.123. The second kappa shape index (κ2) is 12.3. The molecule has 1 aliphatic rings. The van der Waals surface area contributed by atoms with Crippen LogP contribution in [0.5, 0.6) is 5.75 Å². The third kappa shape index (κ3) is 6.02. The van der Waals surface area contributed by atoms with E-state index < -0.39 is 14.6 Å². The molecule has 3 aromatic rings. The van der Waals surface area contributed by atoms with E-state index in [1.165, 1.54) is 27.8 Å². The highest BCUT2D eigenvalue weighted by Crippen LogP contribution is 2.37. The maximum Gasteiger partial charge on any atom is 0.191 e. The fourth-order valence-electron chi connectivity index (χ4n) is 5.27. The number of hydrogen-bond donors (Lipinski definition) is 0. The third-order valence-electron chi connectivity index (χ3n) is 7.46. The molecule has 0 radical (unpaired) electrons. The van der Waals surface area contributed by atoms with Crippen molar-refractivity contribution < 1.29 is 22.7 Å². The average molecular weight is 535 g/mol. The van der Waals surface area contributed by atoms with Crippen molar-refractivity contribution in [2.45, 2.75) is 68.9 Å². The van der Waals surface area contributed by atoms with Crippen LogP contribution in [0.15, 0.2) is 71.6 Å². The van der Waals surface area contributed by atoms with Crippen LogP contribution in [0.2, 0.25) is 0 Å². The number of rotatable bonds is 11. The third-order valence-corrected chi connectivity index (χ3v) is 10.0. The summed E-state index contributed by atoms with van der Waals surface area (Å²) in [7, 11) is -3.83. The summed E-state index contributed by atoms with van der Waals surface area (Å²) in [5.74, 6) is 0.380. The van der Waals surface area contributed by atoms with Gasteiger partial charge >= 0.3 is 0 Å². The number of carbonyl (C=O) groups is 1. The minimum atomic E-state index is -3.83. The molecule has 0 spiro atoms. The van der Waals surface area contributed by atoms with Crippen molar-refractivity contribution >= 4 is 15.6 Å². The number of carbonyl (C=O) groups excluding carboxylic acids is 1. The second-order valence-electron chi connectivity index (χ2n) is 10.1. The van der Waals surface area contributed by atoms with Crippen molar-refractivity contribution in [3.05, 3.63) is 83.4 Å². The Kier molecular flexibility index (Phi) is 9.06. The second-order valence-corrected chi connectivity index (χ2v) is 12.3. The smallest absolute Gasteiger partial charge is 0.191 e. The number of sulfone groups is 1. The number of hydrogen-bond acceptors (Lipinski definition) is 5. The van der Waals surface area contributed by atoms with E-state index in [2.05, 4.69) is 56.3 Å². The van der Waals surface area contributed by atoms with Gasteiger partial charge in [0.2, 0.25) is 0 Å². The maximum atomic E-state index is 13.5. The van der Waals surface area contributed by atoms with Gasteiger partial charge in [0.05, 0.1) is 11.5 Å². The molecule has 3 aromatic carbocycles. The zero-order chi connectivity index (χ0) is 27.2. The van der Waals surface area contributed by atoms with E-state index in [9.17, 15) is 13.2 Å². The molecular weight excluding hydrogens is 496 g/mol. The molecule has 0 N–H and O–H groups in total. The highest BCUT2D eigenvalue weighted by atomic mass is 32.2. The molecule has 38 heavy (non-hydrogen) atoms. The van der Waals surface area contributed by atoms with Gasteiger partial charge < -0.3 is 9.47 Å². The fourth-order valence-corrected chi connectivity index (χ4v) is 7.36. The number of aryl methyl sites for hydroxylation is 3. The van der Waals surface area contributed by atoms with Crippen LogP contribution in [0.1, 0.15) is 56.2 Å². The summed E-state index contributed by atoms with van der Waals surface area (Å²) < 4.78 is 36.9. The summed E-state index contributed by atoms with van der Waals surface area (Å²) in [6.45, 7) is 7.11. The van der Waals surface area contributed by atoms with E-state index in [4.69, 9.17) is 9.47 Å². The molecule has 1 fully saturated rings. The molecule has 1 aliphatic heterocycles. The Morgan fingerprint density at radius 2 is 1.63 bits per heavy atom. The van der Waals surface area contributed by atoms with Crippen molar-refractivity contribution in [2.75, 3.05) is 19.8 Å². The SMILES string of the molecule is CCC(=O)C1(S(=O)(=O)c2ccc(OCCCc3cccc(-c4cc(C)cc(CC)c4)c3)cc2)CCOCC1.